The number of rotatable bonds is 14. The minimum Gasteiger partial charge on any atom is -0.458 e. The van der Waals surface area contributed by atoms with Crippen molar-refractivity contribution in [2.75, 3.05) is 20.8 Å². The van der Waals surface area contributed by atoms with Gasteiger partial charge in [-0.1, -0.05) is 46.4 Å². The molecule has 4 heterocycles. The molecule has 5 atom stereocenters. The van der Waals surface area contributed by atoms with Crippen molar-refractivity contribution < 1.29 is 38.1 Å². The second-order valence-electron chi connectivity index (χ2n) is 13.0. The summed E-state index contributed by atoms with van der Waals surface area (Å²) in [5.74, 6) is -4.72. The largest absolute Gasteiger partial charge is 0.458 e. The standard InChI is InChI=1S/C32H44N4O8SSi/c1-11-15-43-30(40)28(39)36-24(23(27(36)38)20(3)44-46(9,10)31(4,5)6)19(2)25(37)22-17-35-18-34-26(29(35)45-22)32(41-7,42-8)21-13-12-14-33-16-21/h11-14,16-20,23-24,28,39H,1,15H2,2-10H3/t19-,20-,23+,24-,28?/m1/s1. The number of β-lactam (4-membered cyclic amide) rings is 1. The fourth-order valence-corrected chi connectivity index (χ4v) is 8.22. The lowest BCUT2D eigenvalue weighted by Gasteiger charge is -2.53. The van der Waals surface area contributed by atoms with Gasteiger partial charge in [0, 0.05) is 44.3 Å². The van der Waals surface area contributed by atoms with Gasteiger partial charge < -0.3 is 28.6 Å². The van der Waals surface area contributed by atoms with E-state index in [4.69, 9.17) is 18.6 Å². The van der Waals surface area contributed by atoms with E-state index in [0.717, 1.165) is 4.90 Å². The molecule has 0 saturated carbocycles. The number of carbonyl (C=O) groups excluding carboxylic acids is 3. The third kappa shape index (κ3) is 6.21. The Labute approximate surface area is 274 Å². The molecule has 14 heteroatoms. The molecule has 1 saturated heterocycles. The van der Waals surface area contributed by atoms with Gasteiger partial charge in [0.05, 0.1) is 22.9 Å². The first-order chi connectivity index (χ1) is 21.6. The molecule has 0 aliphatic carbocycles. The minimum atomic E-state index is -2.32. The fraction of sp³-hybridized carbons (Fsp3) is 0.531. The maximum absolute atomic E-state index is 14.2. The van der Waals surface area contributed by atoms with E-state index >= 15 is 0 Å². The Bertz CT molecular complexity index is 1580. The van der Waals surface area contributed by atoms with Gasteiger partial charge in [0.15, 0.2) is 14.1 Å². The van der Waals surface area contributed by atoms with Gasteiger partial charge in [-0.2, -0.15) is 0 Å². The van der Waals surface area contributed by atoms with Crippen LogP contribution in [0.1, 0.15) is 55.5 Å². The van der Waals surface area contributed by atoms with Crippen molar-refractivity contribution in [2.45, 2.75) is 76.9 Å². The number of Topliss-reactive ketones (excluding diaryl/α,β-unsaturated/α-hetero) is 1. The number of likely N-dealkylation sites (tertiary alicyclic amines) is 1. The molecule has 0 aromatic carbocycles. The van der Waals surface area contributed by atoms with Crippen molar-refractivity contribution in [1.29, 1.82) is 0 Å². The third-order valence-corrected chi connectivity index (χ3v) is 14.8. The fourth-order valence-electron chi connectivity index (χ4n) is 5.64. The Hall–Kier alpha value is -3.27. The summed E-state index contributed by atoms with van der Waals surface area (Å²) in [7, 11) is 0.691. The molecule has 1 unspecified atom stereocenters. The summed E-state index contributed by atoms with van der Waals surface area (Å²) in [6, 6.07) is 2.74. The molecule has 1 aliphatic rings. The van der Waals surface area contributed by atoms with E-state index in [-0.39, 0.29) is 17.4 Å². The van der Waals surface area contributed by atoms with Gasteiger partial charge in [-0.25, -0.2) is 9.78 Å². The molecule has 1 amide bonds. The number of aromatic nitrogens is 3. The van der Waals surface area contributed by atoms with E-state index in [0.29, 0.717) is 21.0 Å². The van der Waals surface area contributed by atoms with E-state index in [9.17, 15) is 19.5 Å². The van der Waals surface area contributed by atoms with E-state index in [1.54, 1.807) is 42.3 Å². The number of nitrogens with zero attached hydrogens (tertiary/aromatic N) is 4. The average Bonchev–Trinajstić information content (AvgIpc) is 3.60. The normalized spacial score (nSPS) is 19.4. The van der Waals surface area contributed by atoms with Crippen molar-refractivity contribution >= 4 is 42.1 Å². The van der Waals surface area contributed by atoms with Crippen LogP contribution in [0.25, 0.3) is 4.83 Å². The molecule has 1 aliphatic heterocycles. The number of fused-ring (bicyclic) bond motifs is 1. The zero-order chi connectivity index (χ0) is 34.2. The number of carbonyl (C=O) groups is 3. The number of ketones is 1. The smallest absolute Gasteiger partial charge is 0.356 e. The van der Waals surface area contributed by atoms with Crippen LogP contribution in [0, 0.1) is 11.8 Å². The molecule has 1 fully saturated rings. The third-order valence-electron chi connectivity index (χ3n) is 9.15. The van der Waals surface area contributed by atoms with Crippen LogP contribution in [0.15, 0.2) is 49.7 Å². The second-order valence-corrected chi connectivity index (χ2v) is 18.7. The Morgan fingerprint density at radius 3 is 2.46 bits per heavy atom. The zero-order valence-electron chi connectivity index (χ0n) is 27.8. The van der Waals surface area contributed by atoms with Crippen LogP contribution in [0.2, 0.25) is 18.1 Å². The van der Waals surface area contributed by atoms with E-state index in [2.05, 4.69) is 50.4 Å². The van der Waals surface area contributed by atoms with Crippen molar-refractivity contribution in [3.63, 3.8) is 0 Å². The predicted octanol–water partition coefficient (Wildman–Crippen LogP) is 4.39. The summed E-state index contributed by atoms with van der Waals surface area (Å²) < 4.78 is 25.1. The summed E-state index contributed by atoms with van der Waals surface area (Å²) in [4.78, 5) is 51.2. The molecule has 0 spiro atoms. The van der Waals surface area contributed by atoms with Crippen molar-refractivity contribution in [2.24, 2.45) is 11.8 Å². The van der Waals surface area contributed by atoms with E-state index < -0.39 is 56.2 Å². The number of thiazole rings is 1. The lowest BCUT2D eigenvalue weighted by Crippen LogP contribution is -2.72. The van der Waals surface area contributed by atoms with Crippen LogP contribution in [-0.4, -0.2) is 89.6 Å². The highest BCUT2D eigenvalue weighted by atomic mass is 32.1. The maximum Gasteiger partial charge on any atom is 0.356 e. The number of ether oxygens (including phenoxy) is 3. The highest BCUT2D eigenvalue weighted by Gasteiger charge is 2.59. The van der Waals surface area contributed by atoms with E-state index in [1.165, 1.54) is 31.6 Å². The van der Waals surface area contributed by atoms with Crippen LogP contribution in [0.4, 0.5) is 0 Å². The van der Waals surface area contributed by atoms with Gasteiger partial charge >= 0.3 is 5.97 Å². The summed E-state index contributed by atoms with van der Waals surface area (Å²) in [6.45, 7) is 17.4. The maximum atomic E-state index is 14.2. The van der Waals surface area contributed by atoms with E-state index in [1.807, 2.05) is 13.0 Å². The Balaban J connectivity index is 1.70. The predicted molar refractivity (Wildman–Crippen MR) is 175 cm³/mol. The Kier molecular flexibility index (Phi) is 10.4. The molecule has 0 radical (unpaired) electrons. The quantitative estimate of drug-likeness (QED) is 0.0655. The van der Waals surface area contributed by atoms with Gasteiger partial charge in [0.2, 0.25) is 17.9 Å². The Morgan fingerprint density at radius 2 is 1.89 bits per heavy atom. The SMILES string of the molecule is C=CCOC(=O)C(O)N1C(=O)[C@@H]([C@@H](C)O[Si](C)(C)C(C)(C)C)[C@H]1[C@@H](C)C(=O)c1cn2cnc(C(OC)(OC)c3cccnc3)c2s1. The lowest BCUT2D eigenvalue weighted by molar-refractivity contribution is -0.198. The lowest BCUT2D eigenvalue weighted by atomic mass is 9.74. The van der Waals surface area contributed by atoms with Gasteiger partial charge in [-0.15, -0.1) is 11.3 Å². The number of aliphatic hydroxyl groups excluding tert-OH is 1. The topological polar surface area (TPSA) is 142 Å². The molecule has 3 aromatic heterocycles. The van der Waals surface area contributed by atoms with Gasteiger partial charge in [-0.3, -0.25) is 19.0 Å². The zero-order valence-corrected chi connectivity index (χ0v) is 29.7. The van der Waals surface area contributed by atoms with Crippen LogP contribution < -0.4 is 0 Å². The summed E-state index contributed by atoms with van der Waals surface area (Å²) in [5, 5.41) is 10.8. The minimum absolute atomic E-state index is 0.126. The molecular formula is C32H44N4O8SSi. The molecular weight excluding hydrogens is 629 g/mol. The van der Waals surface area contributed by atoms with Crippen LogP contribution in [0.3, 0.4) is 0 Å². The van der Waals surface area contributed by atoms with Crippen molar-refractivity contribution in [3.8, 4) is 0 Å². The molecule has 250 valence electrons. The highest BCUT2D eigenvalue weighted by molar-refractivity contribution is 7.19. The molecule has 12 nitrogen and oxygen atoms in total. The number of imidazole rings is 1. The summed E-state index contributed by atoms with van der Waals surface area (Å²) in [6.07, 6.45) is 5.41. The average molecular weight is 673 g/mol. The van der Waals surface area contributed by atoms with Crippen molar-refractivity contribution in [3.05, 3.63) is 65.8 Å². The van der Waals surface area contributed by atoms with Crippen LogP contribution >= 0.6 is 11.3 Å². The van der Waals surface area contributed by atoms with Gasteiger partial charge in [-0.05, 0) is 31.1 Å². The first-order valence-corrected chi connectivity index (χ1v) is 18.8. The Morgan fingerprint density at radius 1 is 1.22 bits per heavy atom. The number of hydrogen-bond acceptors (Lipinski definition) is 11. The molecule has 1 N–H and O–H groups in total. The van der Waals surface area contributed by atoms with Gasteiger partial charge in [0.1, 0.15) is 23.5 Å². The number of amides is 1. The summed E-state index contributed by atoms with van der Waals surface area (Å²) in [5.41, 5.74) is 1.06. The first-order valence-electron chi connectivity index (χ1n) is 15.0. The second kappa shape index (κ2) is 13.5. The number of methoxy groups -OCH3 is 2. The number of hydrogen-bond donors (Lipinski definition) is 1. The molecule has 0 bridgehead atoms. The number of esters is 1. The number of aliphatic hydroxyl groups is 1. The van der Waals surface area contributed by atoms with Crippen LogP contribution in [0.5, 0.6) is 0 Å². The highest BCUT2D eigenvalue weighted by Crippen LogP contribution is 2.44. The monoisotopic (exact) mass is 672 g/mol. The first kappa shape index (κ1) is 35.6. The summed E-state index contributed by atoms with van der Waals surface area (Å²) >= 11 is 1.20. The van der Waals surface area contributed by atoms with Gasteiger partial charge in [0.25, 0.3) is 0 Å². The molecule has 3 aromatic rings. The van der Waals surface area contributed by atoms with Crippen molar-refractivity contribution in [1.82, 2.24) is 19.3 Å². The van der Waals surface area contributed by atoms with Crippen LogP contribution in [-0.2, 0) is 34.0 Å². The molecule has 4 rings (SSSR count). The molecule has 46 heavy (non-hydrogen) atoms. The number of pyridine rings is 1.